The van der Waals surface area contributed by atoms with Gasteiger partial charge in [0.15, 0.2) is 0 Å². The minimum atomic E-state index is 0.166. The predicted octanol–water partition coefficient (Wildman–Crippen LogP) is 8.98. The lowest BCUT2D eigenvalue weighted by Gasteiger charge is -2.14. The minimum absolute atomic E-state index is 0.166. The van der Waals surface area contributed by atoms with E-state index in [4.69, 9.17) is 4.11 Å². The highest BCUT2D eigenvalue weighted by Crippen LogP contribution is 2.39. The zero-order valence-electron chi connectivity index (χ0n) is 17.1. The first kappa shape index (κ1) is 15.3. The van der Waals surface area contributed by atoms with Gasteiger partial charge in [0.25, 0.3) is 0 Å². The van der Waals surface area contributed by atoms with Gasteiger partial charge in [0.2, 0.25) is 0 Å². The molecule has 0 aliphatic heterocycles. The van der Waals surface area contributed by atoms with Gasteiger partial charge in [-0.3, -0.25) is 0 Å². The summed E-state index contributed by atoms with van der Waals surface area (Å²) in [7, 11) is 0. The van der Waals surface area contributed by atoms with Crippen LogP contribution < -0.4 is 0 Å². The molecule has 0 saturated heterocycles. The SMILES string of the molecule is [2H]c1c(-c2ccccc2Br)c([2H])c(-c2ccccc2Br)c([2H])c1-c1ccccc1Br. The lowest BCUT2D eigenvalue weighted by atomic mass is 9.93. The first-order valence-electron chi connectivity index (χ1n) is 9.80. The van der Waals surface area contributed by atoms with E-state index in [1.807, 2.05) is 72.8 Å². The Hall–Kier alpha value is -1.68. The van der Waals surface area contributed by atoms with Gasteiger partial charge < -0.3 is 0 Å². The molecule has 0 heterocycles. The van der Waals surface area contributed by atoms with Crippen molar-refractivity contribution < 1.29 is 4.11 Å². The fourth-order valence-electron chi connectivity index (χ4n) is 2.86. The van der Waals surface area contributed by atoms with E-state index in [1.54, 1.807) is 0 Å². The maximum Gasteiger partial charge on any atom is 0.0636 e. The zero-order chi connectivity index (χ0) is 21.4. The molecule has 0 N–H and O–H groups in total. The van der Waals surface area contributed by atoms with Crippen molar-refractivity contribution in [3.63, 3.8) is 0 Å². The van der Waals surface area contributed by atoms with E-state index in [1.165, 1.54) is 0 Å². The van der Waals surface area contributed by atoms with E-state index in [-0.39, 0.29) is 18.1 Å². The lowest BCUT2D eigenvalue weighted by molar-refractivity contribution is 1.53. The molecular weight excluding hydrogens is 528 g/mol. The van der Waals surface area contributed by atoms with Crippen molar-refractivity contribution in [3.05, 3.63) is 104 Å². The first-order valence-corrected chi connectivity index (χ1v) is 10.7. The molecule has 4 aromatic carbocycles. The second-order valence-electron chi connectivity index (χ2n) is 5.94. The topological polar surface area (TPSA) is 0 Å². The molecule has 0 bridgehead atoms. The molecule has 0 radical (unpaired) electrons. The number of hydrogen-bond donors (Lipinski definition) is 0. The van der Waals surface area contributed by atoms with E-state index in [0.29, 0.717) is 16.7 Å². The zero-order valence-corrected chi connectivity index (χ0v) is 18.8. The van der Waals surface area contributed by atoms with Gasteiger partial charge in [0.05, 0.1) is 4.11 Å². The Labute approximate surface area is 188 Å². The molecule has 0 aliphatic carbocycles. The summed E-state index contributed by atoms with van der Waals surface area (Å²) < 4.78 is 29.5. The summed E-state index contributed by atoms with van der Waals surface area (Å²) in [5, 5.41) is 0. The van der Waals surface area contributed by atoms with Crippen LogP contribution in [0.5, 0.6) is 0 Å². The normalized spacial score (nSPS) is 12.3. The van der Waals surface area contributed by atoms with Gasteiger partial charge in [-0.2, -0.15) is 0 Å². The fourth-order valence-corrected chi connectivity index (χ4v) is 4.31. The number of halogens is 3. The molecule has 4 aromatic rings. The molecule has 0 atom stereocenters. The molecule has 0 nitrogen and oxygen atoms in total. The predicted molar refractivity (Wildman–Crippen MR) is 126 cm³/mol. The van der Waals surface area contributed by atoms with Gasteiger partial charge in [-0.15, -0.1) is 0 Å². The van der Waals surface area contributed by atoms with Crippen LogP contribution in [-0.4, -0.2) is 0 Å². The second-order valence-corrected chi connectivity index (χ2v) is 8.50. The highest BCUT2D eigenvalue weighted by Gasteiger charge is 2.12. The van der Waals surface area contributed by atoms with E-state index in [2.05, 4.69) is 47.8 Å². The molecule has 0 fully saturated rings. The van der Waals surface area contributed by atoms with Crippen molar-refractivity contribution in [1.29, 1.82) is 0 Å². The minimum Gasteiger partial charge on any atom is -0.0616 e. The molecule has 0 amide bonds. The monoisotopic (exact) mass is 543 g/mol. The van der Waals surface area contributed by atoms with Crippen molar-refractivity contribution in [2.24, 2.45) is 0 Å². The lowest BCUT2D eigenvalue weighted by Crippen LogP contribution is -1.88. The average molecular weight is 546 g/mol. The summed E-state index contributed by atoms with van der Waals surface area (Å²) in [6.07, 6.45) is 0. The van der Waals surface area contributed by atoms with Gasteiger partial charge in [-0.05, 0) is 69.7 Å². The maximum absolute atomic E-state index is 9.02. The molecule has 4 rings (SSSR count). The van der Waals surface area contributed by atoms with E-state index < -0.39 is 0 Å². The molecule has 27 heavy (non-hydrogen) atoms. The molecule has 0 spiro atoms. The van der Waals surface area contributed by atoms with E-state index in [9.17, 15) is 0 Å². The standard InChI is InChI=1S/C24H15Br3/c25-22-10-4-1-7-19(22)16-13-17(20-8-2-5-11-23(20)26)15-18(14-16)21-9-3-6-12-24(21)27/h1-15H/i13D,14D,15D. The summed E-state index contributed by atoms with van der Waals surface area (Å²) in [4.78, 5) is 0. The van der Waals surface area contributed by atoms with Gasteiger partial charge in [0, 0.05) is 13.4 Å². The third-order valence-corrected chi connectivity index (χ3v) is 6.25. The Morgan fingerprint density at radius 2 is 0.704 bits per heavy atom. The molecule has 0 aliphatic rings. The highest BCUT2D eigenvalue weighted by atomic mass is 79.9. The van der Waals surface area contributed by atoms with Crippen LogP contribution in [-0.2, 0) is 0 Å². The Balaban J connectivity index is 2.19. The number of hydrogen-bond acceptors (Lipinski definition) is 0. The van der Waals surface area contributed by atoms with Crippen molar-refractivity contribution in [3.8, 4) is 33.4 Å². The third-order valence-electron chi connectivity index (χ3n) is 4.18. The number of benzene rings is 4. The van der Waals surface area contributed by atoms with Crippen LogP contribution in [0, 0.1) is 0 Å². The summed E-state index contributed by atoms with van der Waals surface area (Å²) in [6.45, 7) is 0. The van der Waals surface area contributed by atoms with Crippen LogP contribution in [0.4, 0.5) is 0 Å². The van der Waals surface area contributed by atoms with Crippen molar-refractivity contribution >= 4 is 47.8 Å². The Bertz CT molecular complexity index is 1090. The first-order chi connectivity index (χ1) is 14.4. The van der Waals surface area contributed by atoms with Crippen LogP contribution >= 0.6 is 47.8 Å². The third kappa shape index (κ3) is 3.96. The summed E-state index contributed by atoms with van der Waals surface area (Å²) in [5.41, 5.74) is 3.76. The Kier molecular flexibility index (Phi) is 4.60. The maximum atomic E-state index is 9.02. The van der Waals surface area contributed by atoms with Gasteiger partial charge >= 0.3 is 0 Å². The molecule has 0 saturated carbocycles. The quantitative estimate of drug-likeness (QED) is 0.241. The average Bonchev–Trinajstić information content (AvgIpc) is 2.72. The van der Waals surface area contributed by atoms with Crippen LogP contribution in [0.2, 0.25) is 0 Å². The molecule has 0 unspecified atom stereocenters. The fraction of sp³-hybridized carbons (Fsp3) is 0. The van der Waals surface area contributed by atoms with Crippen LogP contribution in [0.1, 0.15) is 4.11 Å². The van der Waals surface area contributed by atoms with Crippen molar-refractivity contribution in [2.45, 2.75) is 0 Å². The van der Waals surface area contributed by atoms with E-state index >= 15 is 0 Å². The smallest absolute Gasteiger partial charge is 0.0616 e. The molecular formula is C24H15Br3. The number of rotatable bonds is 3. The summed E-state index contributed by atoms with van der Waals surface area (Å²) in [5.74, 6) is 0. The van der Waals surface area contributed by atoms with Crippen LogP contribution in [0.3, 0.4) is 0 Å². The van der Waals surface area contributed by atoms with Crippen molar-refractivity contribution in [1.82, 2.24) is 0 Å². The Morgan fingerprint density at radius 1 is 0.444 bits per heavy atom. The van der Waals surface area contributed by atoms with Crippen molar-refractivity contribution in [2.75, 3.05) is 0 Å². The molecule has 0 aromatic heterocycles. The van der Waals surface area contributed by atoms with Gasteiger partial charge in [-0.25, -0.2) is 0 Å². The highest BCUT2D eigenvalue weighted by molar-refractivity contribution is 9.11. The summed E-state index contributed by atoms with van der Waals surface area (Å²) in [6, 6.07) is 23.3. The van der Waals surface area contributed by atoms with Gasteiger partial charge in [0.1, 0.15) is 0 Å². The van der Waals surface area contributed by atoms with Crippen LogP contribution in [0.25, 0.3) is 33.4 Å². The van der Waals surface area contributed by atoms with Gasteiger partial charge in [-0.1, -0.05) is 102 Å². The van der Waals surface area contributed by atoms with Crippen LogP contribution in [0.15, 0.2) is 104 Å². The van der Waals surface area contributed by atoms with E-state index in [0.717, 1.165) is 30.1 Å². The molecule has 3 heteroatoms. The Morgan fingerprint density at radius 3 is 0.963 bits per heavy atom. The largest absolute Gasteiger partial charge is 0.0636 e. The summed E-state index contributed by atoms with van der Waals surface area (Å²) >= 11 is 10.7. The second kappa shape index (κ2) is 8.14. The molecule has 132 valence electrons.